The van der Waals surface area contributed by atoms with Crippen molar-refractivity contribution in [3.8, 4) is 0 Å². The number of pyridine rings is 1. The number of hydrogen-bond donors (Lipinski definition) is 5. The number of carbonyl (C=O) groups excluding carboxylic acids is 2. The Balaban J connectivity index is 1.77. The van der Waals surface area contributed by atoms with Crippen LogP contribution in [0.1, 0.15) is 41.0 Å². The number of carboxylic acid groups (broad SMARTS) is 1. The molecule has 0 saturated heterocycles. The fourth-order valence-corrected chi connectivity index (χ4v) is 3.67. The molecule has 0 spiro atoms. The number of aromatic nitrogens is 1. The summed E-state index contributed by atoms with van der Waals surface area (Å²) in [5.41, 5.74) is 13.0. The van der Waals surface area contributed by atoms with E-state index >= 15 is 0 Å². The number of carboxylic acids is 1. The number of nitrogens with one attached hydrogen (secondary N) is 2. The minimum atomic E-state index is -1.07. The van der Waals surface area contributed by atoms with Crippen LogP contribution in [0, 0.1) is 0 Å². The average molecular weight is 463 g/mol. The summed E-state index contributed by atoms with van der Waals surface area (Å²) in [6, 6.07) is 13.1. The SMILES string of the molecule is CCc1ncccc1C(CC(=O)O)NC(=O)CNC(=O)c1cc(N=C(N)N)cc2ccccc12. The quantitative estimate of drug-likeness (QED) is 0.238. The molecule has 3 aromatic rings. The summed E-state index contributed by atoms with van der Waals surface area (Å²) in [6.07, 6.45) is 1.88. The highest BCUT2D eigenvalue weighted by molar-refractivity contribution is 6.09. The van der Waals surface area contributed by atoms with Gasteiger partial charge in [0.2, 0.25) is 5.91 Å². The molecule has 3 rings (SSSR count). The molecule has 0 fully saturated rings. The molecule has 7 N–H and O–H groups in total. The molecule has 10 nitrogen and oxygen atoms in total. The molecule has 0 aliphatic rings. The van der Waals surface area contributed by atoms with Gasteiger partial charge < -0.3 is 27.2 Å². The Kier molecular flexibility index (Phi) is 7.75. The third-order valence-electron chi connectivity index (χ3n) is 5.11. The lowest BCUT2D eigenvalue weighted by atomic mass is 10.0. The van der Waals surface area contributed by atoms with Gasteiger partial charge in [0.15, 0.2) is 5.96 Å². The molecule has 0 aliphatic heterocycles. The van der Waals surface area contributed by atoms with Crippen LogP contribution in [0.25, 0.3) is 10.8 Å². The van der Waals surface area contributed by atoms with Gasteiger partial charge in [-0.2, -0.15) is 0 Å². The third kappa shape index (κ3) is 6.06. The van der Waals surface area contributed by atoms with E-state index in [4.69, 9.17) is 11.5 Å². The number of aliphatic carboxylic acids is 1. The number of hydrogen-bond acceptors (Lipinski definition) is 5. The van der Waals surface area contributed by atoms with E-state index in [0.29, 0.717) is 34.3 Å². The number of rotatable bonds is 9. The van der Waals surface area contributed by atoms with Gasteiger partial charge in [-0.1, -0.05) is 37.3 Å². The Morgan fingerprint density at radius 2 is 1.88 bits per heavy atom. The topological polar surface area (TPSA) is 173 Å². The Morgan fingerprint density at radius 3 is 2.59 bits per heavy atom. The number of fused-ring (bicyclic) bond motifs is 1. The van der Waals surface area contributed by atoms with Crippen molar-refractivity contribution in [3.05, 3.63) is 71.5 Å². The van der Waals surface area contributed by atoms with Crippen molar-refractivity contribution >= 4 is 40.2 Å². The fraction of sp³-hybridized carbons (Fsp3) is 0.208. The number of aryl methyl sites for hydroxylation is 1. The van der Waals surface area contributed by atoms with Gasteiger partial charge in [0.1, 0.15) is 0 Å². The minimum Gasteiger partial charge on any atom is -0.481 e. The molecule has 0 saturated carbocycles. The third-order valence-corrected chi connectivity index (χ3v) is 5.11. The maximum atomic E-state index is 12.9. The van der Waals surface area contributed by atoms with E-state index in [0.717, 1.165) is 5.39 Å². The first-order chi connectivity index (χ1) is 16.3. The molecule has 2 aromatic carbocycles. The largest absolute Gasteiger partial charge is 0.481 e. The van der Waals surface area contributed by atoms with Gasteiger partial charge in [-0.3, -0.25) is 19.4 Å². The zero-order chi connectivity index (χ0) is 24.7. The highest BCUT2D eigenvalue weighted by atomic mass is 16.4. The van der Waals surface area contributed by atoms with Gasteiger partial charge in [-0.15, -0.1) is 0 Å². The van der Waals surface area contributed by atoms with Crippen LogP contribution in [0.15, 0.2) is 59.7 Å². The highest BCUT2D eigenvalue weighted by Crippen LogP contribution is 2.26. The van der Waals surface area contributed by atoms with Gasteiger partial charge in [0.25, 0.3) is 5.91 Å². The van der Waals surface area contributed by atoms with Crippen molar-refractivity contribution < 1.29 is 19.5 Å². The Labute approximate surface area is 196 Å². The zero-order valence-corrected chi connectivity index (χ0v) is 18.6. The maximum Gasteiger partial charge on any atom is 0.305 e. The van der Waals surface area contributed by atoms with Crippen LogP contribution in [-0.4, -0.2) is 40.4 Å². The average Bonchev–Trinajstić information content (AvgIpc) is 2.80. The van der Waals surface area contributed by atoms with Crippen molar-refractivity contribution in [1.82, 2.24) is 15.6 Å². The molecule has 1 heterocycles. The number of nitrogens with two attached hydrogens (primary N) is 2. The van der Waals surface area contributed by atoms with Crippen LogP contribution in [-0.2, 0) is 16.0 Å². The van der Waals surface area contributed by atoms with E-state index in [1.165, 1.54) is 6.07 Å². The number of aliphatic imine (C=N–C) groups is 1. The zero-order valence-electron chi connectivity index (χ0n) is 18.6. The molecule has 10 heteroatoms. The Bertz CT molecular complexity index is 1250. The minimum absolute atomic E-state index is 0.146. The first-order valence-electron chi connectivity index (χ1n) is 10.6. The van der Waals surface area contributed by atoms with E-state index < -0.39 is 23.8 Å². The Morgan fingerprint density at radius 1 is 1.12 bits per heavy atom. The molecule has 2 amide bonds. The summed E-state index contributed by atoms with van der Waals surface area (Å²) >= 11 is 0. The Hall–Kier alpha value is -4.47. The number of amides is 2. The molecule has 1 atom stereocenters. The van der Waals surface area contributed by atoms with E-state index in [1.807, 2.05) is 19.1 Å². The number of nitrogens with zero attached hydrogens (tertiary/aromatic N) is 2. The van der Waals surface area contributed by atoms with Crippen molar-refractivity contribution in [1.29, 1.82) is 0 Å². The van der Waals surface area contributed by atoms with E-state index in [1.54, 1.807) is 36.5 Å². The molecule has 34 heavy (non-hydrogen) atoms. The lowest BCUT2D eigenvalue weighted by molar-refractivity contribution is -0.137. The van der Waals surface area contributed by atoms with Crippen molar-refractivity contribution in [2.45, 2.75) is 25.8 Å². The normalized spacial score (nSPS) is 11.4. The number of guanidine groups is 1. The summed E-state index contributed by atoms with van der Waals surface area (Å²) < 4.78 is 0. The van der Waals surface area contributed by atoms with Gasteiger partial charge in [-0.05, 0) is 41.0 Å². The van der Waals surface area contributed by atoms with Gasteiger partial charge in [0, 0.05) is 17.5 Å². The van der Waals surface area contributed by atoms with Gasteiger partial charge in [-0.25, -0.2) is 4.99 Å². The van der Waals surface area contributed by atoms with Crippen LogP contribution < -0.4 is 22.1 Å². The highest BCUT2D eigenvalue weighted by Gasteiger charge is 2.21. The molecule has 176 valence electrons. The van der Waals surface area contributed by atoms with Crippen LogP contribution >= 0.6 is 0 Å². The second-order valence-electron chi connectivity index (χ2n) is 7.54. The predicted octanol–water partition coefficient (Wildman–Crippen LogP) is 1.76. The second kappa shape index (κ2) is 10.9. The predicted molar refractivity (Wildman–Crippen MR) is 129 cm³/mol. The summed E-state index contributed by atoms with van der Waals surface area (Å²) in [7, 11) is 0. The molecule has 1 unspecified atom stereocenters. The number of benzene rings is 2. The molecular formula is C24H26N6O4. The first kappa shape index (κ1) is 24.2. The number of carbonyl (C=O) groups is 3. The second-order valence-corrected chi connectivity index (χ2v) is 7.54. The lowest BCUT2D eigenvalue weighted by Gasteiger charge is -2.20. The lowest BCUT2D eigenvalue weighted by Crippen LogP contribution is -2.39. The summed E-state index contributed by atoms with van der Waals surface area (Å²) in [5, 5.41) is 16.0. The summed E-state index contributed by atoms with van der Waals surface area (Å²) in [6.45, 7) is 1.55. The fourth-order valence-electron chi connectivity index (χ4n) is 3.67. The van der Waals surface area contributed by atoms with Crippen molar-refractivity contribution in [2.24, 2.45) is 16.5 Å². The maximum absolute atomic E-state index is 12.9. The molecular weight excluding hydrogens is 436 g/mol. The van der Waals surface area contributed by atoms with Crippen LogP contribution in [0.2, 0.25) is 0 Å². The van der Waals surface area contributed by atoms with Crippen molar-refractivity contribution in [3.63, 3.8) is 0 Å². The van der Waals surface area contributed by atoms with E-state index in [-0.39, 0.29) is 18.9 Å². The van der Waals surface area contributed by atoms with Crippen LogP contribution in [0.3, 0.4) is 0 Å². The van der Waals surface area contributed by atoms with Crippen molar-refractivity contribution in [2.75, 3.05) is 6.54 Å². The van der Waals surface area contributed by atoms with E-state index in [9.17, 15) is 19.5 Å². The summed E-state index contributed by atoms with van der Waals surface area (Å²) in [5.74, 6) is -2.24. The molecule has 0 bridgehead atoms. The standard InChI is InChI=1S/C24H26N6O4/c1-2-19-17(8-5-9-27-19)20(12-22(32)33)30-21(31)13-28-23(34)18-11-15(29-24(25)26)10-14-6-3-4-7-16(14)18/h3-11,20H,2,12-13H2,1H3,(H,28,34)(H,30,31)(H,32,33)(H4,25,26,29). The van der Waals surface area contributed by atoms with Crippen LogP contribution in [0.4, 0.5) is 5.69 Å². The van der Waals surface area contributed by atoms with Crippen LogP contribution in [0.5, 0.6) is 0 Å². The van der Waals surface area contributed by atoms with Gasteiger partial charge >= 0.3 is 5.97 Å². The smallest absolute Gasteiger partial charge is 0.305 e. The monoisotopic (exact) mass is 462 g/mol. The van der Waals surface area contributed by atoms with E-state index in [2.05, 4.69) is 20.6 Å². The first-order valence-corrected chi connectivity index (χ1v) is 10.6. The molecule has 1 aromatic heterocycles. The summed E-state index contributed by atoms with van der Waals surface area (Å²) in [4.78, 5) is 45.2. The molecule has 0 aliphatic carbocycles. The van der Waals surface area contributed by atoms with Gasteiger partial charge in [0.05, 0.1) is 24.7 Å². The molecule has 0 radical (unpaired) electrons.